The fraction of sp³-hybridized carbons (Fsp3) is 0.909. The van der Waals surface area contributed by atoms with Crippen LogP contribution in [0.2, 0.25) is 0 Å². The lowest BCUT2D eigenvalue weighted by Crippen LogP contribution is -2.52. The van der Waals surface area contributed by atoms with Crippen LogP contribution in [0.3, 0.4) is 0 Å². The minimum atomic E-state index is -4.40. The van der Waals surface area contributed by atoms with Gasteiger partial charge >= 0.3 is 6.18 Å². The zero-order chi connectivity index (χ0) is 13.2. The van der Waals surface area contributed by atoms with Gasteiger partial charge in [-0.3, -0.25) is 9.69 Å². The second kappa shape index (κ2) is 6.76. The predicted octanol–water partition coefficient (Wildman–Crippen LogP) is 0.867. The lowest BCUT2D eigenvalue weighted by atomic mass is 10.2. The van der Waals surface area contributed by atoms with Crippen LogP contribution in [-0.2, 0) is 4.79 Å². The molecule has 2 heterocycles. The Hall–Kier alpha value is -0.530. The molecule has 0 radical (unpaired) electrons. The van der Waals surface area contributed by atoms with Gasteiger partial charge in [0.05, 0.1) is 0 Å². The van der Waals surface area contributed by atoms with Crippen molar-refractivity contribution in [3.8, 4) is 0 Å². The Morgan fingerprint density at radius 1 is 1.21 bits per heavy atom. The molecule has 112 valence electrons. The number of rotatable bonds is 2. The SMILES string of the molecule is Cl.O=C(CC(F)(F)F)N1CCN(C2CCNC2)CC1. The third kappa shape index (κ3) is 4.81. The number of carbonyl (C=O) groups is 1. The van der Waals surface area contributed by atoms with E-state index in [1.807, 2.05) is 0 Å². The summed E-state index contributed by atoms with van der Waals surface area (Å²) in [5.74, 6) is -0.799. The third-order valence-corrected chi connectivity index (χ3v) is 3.57. The van der Waals surface area contributed by atoms with Gasteiger partial charge in [-0.05, 0) is 13.0 Å². The summed E-state index contributed by atoms with van der Waals surface area (Å²) < 4.78 is 36.4. The topological polar surface area (TPSA) is 35.6 Å². The van der Waals surface area contributed by atoms with E-state index >= 15 is 0 Å². The van der Waals surface area contributed by atoms with Crippen molar-refractivity contribution in [1.29, 1.82) is 0 Å². The molecule has 2 aliphatic heterocycles. The molecule has 0 aromatic heterocycles. The number of amides is 1. The molecule has 2 saturated heterocycles. The highest BCUT2D eigenvalue weighted by molar-refractivity contribution is 5.85. The van der Waals surface area contributed by atoms with Crippen molar-refractivity contribution in [3.63, 3.8) is 0 Å². The first-order valence-corrected chi connectivity index (χ1v) is 6.25. The highest BCUT2D eigenvalue weighted by Crippen LogP contribution is 2.21. The fourth-order valence-corrected chi connectivity index (χ4v) is 2.57. The van der Waals surface area contributed by atoms with Crippen LogP contribution >= 0.6 is 12.4 Å². The maximum absolute atomic E-state index is 12.1. The Kier molecular flexibility index (Phi) is 5.88. The summed E-state index contributed by atoms with van der Waals surface area (Å²) in [4.78, 5) is 15.0. The molecule has 4 nitrogen and oxygen atoms in total. The van der Waals surface area contributed by atoms with E-state index in [-0.39, 0.29) is 12.4 Å². The Bertz CT molecular complexity index is 300. The number of carbonyl (C=O) groups excluding carboxylic acids is 1. The fourth-order valence-electron chi connectivity index (χ4n) is 2.57. The molecule has 0 bridgehead atoms. The zero-order valence-corrected chi connectivity index (χ0v) is 11.4. The van der Waals surface area contributed by atoms with Gasteiger partial charge in [-0.15, -0.1) is 12.4 Å². The number of piperazine rings is 1. The number of nitrogens with zero attached hydrogens (tertiary/aromatic N) is 2. The Morgan fingerprint density at radius 2 is 1.84 bits per heavy atom. The second-order valence-corrected chi connectivity index (χ2v) is 4.86. The van der Waals surface area contributed by atoms with Crippen molar-refractivity contribution in [2.24, 2.45) is 0 Å². The summed E-state index contributed by atoms with van der Waals surface area (Å²) in [5, 5.41) is 3.26. The molecule has 8 heteroatoms. The zero-order valence-electron chi connectivity index (χ0n) is 10.6. The first-order valence-electron chi connectivity index (χ1n) is 6.25. The van der Waals surface area contributed by atoms with E-state index in [4.69, 9.17) is 0 Å². The molecular formula is C11H19ClF3N3O. The van der Waals surface area contributed by atoms with Gasteiger partial charge in [0.25, 0.3) is 0 Å². The molecule has 1 atom stereocenters. The first-order chi connectivity index (χ1) is 8.46. The van der Waals surface area contributed by atoms with E-state index in [0.717, 1.165) is 19.5 Å². The first kappa shape index (κ1) is 16.5. The quantitative estimate of drug-likeness (QED) is 0.822. The van der Waals surface area contributed by atoms with Gasteiger partial charge in [0.1, 0.15) is 6.42 Å². The average Bonchev–Trinajstić information content (AvgIpc) is 2.80. The monoisotopic (exact) mass is 301 g/mol. The minimum absolute atomic E-state index is 0. The van der Waals surface area contributed by atoms with Gasteiger partial charge in [-0.2, -0.15) is 13.2 Å². The van der Waals surface area contributed by atoms with Gasteiger partial charge in [-0.25, -0.2) is 0 Å². The van der Waals surface area contributed by atoms with Gasteiger partial charge < -0.3 is 10.2 Å². The maximum Gasteiger partial charge on any atom is 0.397 e. The maximum atomic E-state index is 12.1. The van der Waals surface area contributed by atoms with E-state index in [9.17, 15) is 18.0 Å². The number of hydrogen-bond donors (Lipinski definition) is 1. The van der Waals surface area contributed by atoms with Crippen LogP contribution < -0.4 is 5.32 Å². The number of nitrogens with one attached hydrogen (secondary N) is 1. The molecule has 1 unspecified atom stereocenters. The molecule has 0 aromatic carbocycles. The van der Waals surface area contributed by atoms with Crippen LogP contribution in [0.25, 0.3) is 0 Å². The molecule has 0 saturated carbocycles. The van der Waals surface area contributed by atoms with Gasteiger partial charge in [-0.1, -0.05) is 0 Å². The van der Waals surface area contributed by atoms with Crippen molar-refractivity contribution in [3.05, 3.63) is 0 Å². The molecule has 2 rings (SSSR count). The van der Waals surface area contributed by atoms with E-state index in [2.05, 4.69) is 10.2 Å². The molecular weight excluding hydrogens is 283 g/mol. The van der Waals surface area contributed by atoms with Crippen LogP contribution in [0.1, 0.15) is 12.8 Å². The summed E-state index contributed by atoms with van der Waals surface area (Å²) >= 11 is 0. The highest BCUT2D eigenvalue weighted by Gasteiger charge is 2.35. The molecule has 2 aliphatic rings. The lowest BCUT2D eigenvalue weighted by molar-refractivity contribution is -0.162. The van der Waals surface area contributed by atoms with Gasteiger partial charge in [0.15, 0.2) is 0 Å². The van der Waals surface area contributed by atoms with E-state index < -0.39 is 18.5 Å². The van der Waals surface area contributed by atoms with Gasteiger partial charge in [0, 0.05) is 38.8 Å². The highest BCUT2D eigenvalue weighted by atomic mass is 35.5. The molecule has 1 amide bonds. The molecule has 0 aliphatic carbocycles. The number of alkyl halides is 3. The van der Waals surface area contributed by atoms with Crippen LogP contribution in [0.15, 0.2) is 0 Å². The van der Waals surface area contributed by atoms with Crippen LogP contribution in [0.5, 0.6) is 0 Å². The van der Waals surface area contributed by atoms with Crippen molar-refractivity contribution >= 4 is 18.3 Å². The largest absolute Gasteiger partial charge is 0.397 e. The molecule has 0 spiro atoms. The third-order valence-electron chi connectivity index (χ3n) is 3.57. The van der Waals surface area contributed by atoms with Gasteiger partial charge in [0.2, 0.25) is 5.91 Å². The molecule has 0 aromatic rings. The minimum Gasteiger partial charge on any atom is -0.340 e. The second-order valence-electron chi connectivity index (χ2n) is 4.86. The predicted molar refractivity (Wildman–Crippen MR) is 67.3 cm³/mol. The summed E-state index contributed by atoms with van der Waals surface area (Å²) in [6.45, 7) is 4.11. The normalized spacial score (nSPS) is 25.2. The van der Waals surface area contributed by atoms with Crippen molar-refractivity contribution in [2.45, 2.75) is 25.1 Å². The lowest BCUT2D eigenvalue weighted by Gasteiger charge is -2.37. The Labute approximate surface area is 116 Å². The number of halogens is 4. The van der Waals surface area contributed by atoms with Crippen LogP contribution in [-0.4, -0.2) is 67.2 Å². The summed E-state index contributed by atoms with van der Waals surface area (Å²) in [6.07, 6.45) is -4.65. The Morgan fingerprint density at radius 3 is 2.32 bits per heavy atom. The van der Waals surface area contributed by atoms with Crippen molar-refractivity contribution in [2.75, 3.05) is 39.3 Å². The van der Waals surface area contributed by atoms with Crippen molar-refractivity contribution in [1.82, 2.24) is 15.1 Å². The van der Waals surface area contributed by atoms with Crippen molar-refractivity contribution < 1.29 is 18.0 Å². The van der Waals surface area contributed by atoms with E-state index in [1.165, 1.54) is 4.90 Å². The van der Waals surface area contributed by atoms with E-state index in [0.29, 0.717) is 32.2 Å². The molecule has 19 heavy (non-hydrogen) atoms. The van der Waals surface area contributed by atoms with Crippen LogP contribution in [0.4, 0.5) is 13.2 Å². The summed E-state index contributed by atoms with van der Waals surface area (Å²) in [7, 11) is 0. The number of hydrogen-bond acceptors (Lipinski definition) is 3. The summed E-state index contributed by atoms with van der Waals surface area (Å²) in [6, 6.07) is 0.477. The standard InChI is InChI=1S/C11H18F3N3O.ClH/c12-11(13,14)7-10(18)17-5-3-16(4-6-17)9-1-2-15-8-9;/h9,15H,1-8H2;1H. The van der Waals surface area contributed by atoms with E-state index in [1.54, 1.807) is 0 Å². The Balaban J connectivity index is 0.00000180. The summed E-state index contributed by atoms with van der Waals surface area (Å²) in [5.41, 5.74) is 0. The molecule has 1 N–H and O–H groups in total. The average molecular weight is 302 g/mol. The smallest absolute Gasteiger partial charge is 0.340 e. The van der Waals surface area contributed by atoms with Crippen LogP contribution in [0, 0.1) is 0 Å². The molecule has 2 fully saturated rings.